The Kier molecular flexibility index (Phi) is 3.42. The van der Waals surface area contributed by atoms with Crippen molar-refractivity contribution in [3.63, 3.8) is 0 Å². The second-order valence-corrected chi connectivity index (χ2v) is 6.51. The third-order valence-electron chi connectivity index (χ3n) is 4.16. The minimum absolute atomic E-state index is 0.152. The third-order valence-corrected chi connectivity index (χ3v) is 5.52. The number of amides is 1. The zero-order valence-electron chi connectivity index (χ0n) is 12.2. The fourth-order valence-electron chi connectivity index (χ4n) is 2.97. The van der Waals surface area contributed by atoms with Gasteiger partial charge in [0.1, 0.15) is 0 Å². The normalized spacial score (nSPS) is 18.1. The van der Waals surface area contributed by atoms with Crippen LogP contribution in [0.3, 0.4) is 0 Å². The van der Waals surface area contributed by atoms with E-state index in [1.165, 1.54) is 16.1 Å². The monoisotopic (exact) mass is 288 g/mol. The average Bonchev–Trinajstić information content (AvgIpc) is 3.05. The standard InChI is InChI=1S/C16H20N2OS/c1-4-14-11(2)10-15(20-14)16(19)18-9-8-17-7-5-6-13(17)12(18)3/h5-7,10,12H,4,8-9H2,1-3H3/t12-/m1/s1. The van der Waals surface area contributed by atoms with Gasteiger partial charge in [0.05, 0.1) is 10.9 Å². The smallest absolute Gasteiger partial charge is 0.264 e. The number of thiophene rings is 1. The molecule has 0 aromatic carbocycles. The number of carbonyl (C=O) groups excluding carboxylic acids is 1. The van der Waals surface area contributed by atoms with Crippen LogP contribution in [-0.2, 0) is 13.0 Å². The van der Waals surface area contributed by atoms with Crippen LogP contribution in [0.1, 0.15) is 45.7 Å². The highest BCUT2D eigenvalue weighted by Gasteiger charge is 2.29. The van der Waals surface area contributed by atoms with Gasteiger partial charge in [-0.3, -0.25) is 4.79 Å². The molecule has 3 nitrogen and oxygen atoms in total. The predicted molar refractivity (Wildman–Crippen MR) is 82.3 cm³/mol. The summed E-state index contributed by atoms with van der Waals surface area (Å²) < 4.78 is 2.24. The molecule has 0 spiro atoms. The quantitative estimate of drug-likeness (QED) is 0.828. The summed E-state index contributed by atoms with van der Waals surface area (Å²) in [6.07, 6.45) is 3.10. The van der Waals surface area contributed by atoms with Crippen molar-refractivity contribution in [1.82, 2.24) is 9.47 Å². The summed E-state index contributed by atoms with van der Waals surface area (Å²) in [6.45, 7) is 8.04. The summed E-state index contributed by atoms with van der Waals surface area (Å²) in [5.74, 6) is 0.178. The topological polar surface area (TPSA) is 25.2 Å². The number of hydrogen-bond acceptors (Lipinski definition) is 2. The number of aromatic nitrogens is 1. The van der Waals surface area contributed by atoms with Crippen molar-refractivity contribution in [2.45, 2.75) is 39.8 Å². The predicted octanol–water partition coefficient (Wildman–Crippen LogP) is 3.64. The number of carbonyl (C=O) groups is 1. The molecule has 1 aliphatic heterocycles. The van der Waals surface area contributed by atoms with Crippen LogP contribution in [0.4, 0.5) is 0 Å². The Labute approximate surface area is 123 Å². The van der Waals surface area contributed by atoms with Crippen LogP contribution in [0.5, 0.6) is 0 Å². The van der Waals surface area contributed by atoms with Crippen LogP contribution < -0.4 is 0 Å². The molecule has 4 heteroatoms. The second kappa shape index (κ2) is 5.09. The van der Waals surface area contributed by atoms with E-state index >= 15 is 0 Å². The molecule has 2 aromatic rings. The van der Waals surface area contributed by atoms with Crippen molar-refractivity contribution in [3.05, 3.63) is 45.4 Å². The van der Waals surface area contributed by atoms with Crippen molar-refractivity contribution in [3.8, 4) is 0 Å². The summed E-state index contributed by atoms with van der Waals surface area (Å²) in [5, 5.41) is 0. The molecule has 20 heavy (non-hydrogen) atoms. The molecule has 1 aliphatic rings. The van der Waals surface area contributed by atoms with Gasteiger partial charge >= 0.3 is 0 Å². The average molecular weight is 288 g/mol. The molecule has 0 unspecified atom stereocenters. The van der Waals surface area contributed by atoms with Gasteiger partial charge in [-0.1, -0.05) is 6.92 Å². The molecule has 0 saturated heterocycles. The molecule has 2 aromatic heterocycles. The highest BCUT2D eigenvalue weighted by atomic mass is 32.1. The van der Waals surface area contributed by atoms with E-state index in [4.69, 9.17) is 0 Å². The highest BCUT2D eigenvalue weighted by molar-refractivity contribution is 7.14. The van der Waals surface area contributed by atoms with Crippen LogP contribution in [0.25, 0.3) is 0 Å². The molecule has 0 saturated carbocycles. The van der Waals surface area contributed by atoms with E-state index in [0.29, 0.717) is 0 Å². The minimum Gasteiger partial charge on any atom is -0.348 e. The van der Waals surface area contributed by atoms with Crippen LogP contribution in [-0.4, -0.2) is 21.9 Å². The van der Waals surface area contributed by atoms with E-state index in [0.717, 1.165) is 24.4 Å². The zero-order valence-corrected chi connectivity index (χ0v) is 13.0. The van der Waals surface area contributed by atoms with Gasteiger partial charge < -0.3 is 9.47 Å². The van der Waals surface area contributed by atoms with Crippen LogP contribution in [0.2, 0.25) is 0 Å². The molecule has 0 aliphatic carbocycles. The lowest BCUT2D eigenvalue weighted by molar-refractivity contribution is 0.0649. The maximum atomic E-state index is 12.8. The first-order valence-corrected chi connectivity index (χ1v) is 7.98. The van der Waals surface area contributed by atoms with Gasteiger partial charge in [0, 0.05) is 29.9 Å². The van der Waals surface area contributed by atoms with Crippen molar-refractivity contribution in [1.29, 1.82) is 0 Å². The summed E-state index contributed by atoms with van der Waals surface area (Å²) in [6, 6.07) is 6.37. The maximum Gasteiger partial charge on any atom is 0.264 e. The Morgan fingerprint density at radius 2 is 2.25 bits per heavy atom. The zero-order chi connectivity index (χ0) is 14.3. The van der Waals surface area contributed by atoms with Crippen molar-refractivity contribution in [2.24, 2.45) is 0 Å². The Morgan fingerprint density at radius 1 is 1.45 bits per heavy atom. The van der Waals surface area contributed by atoms with E-state index in [2.05, 4.69) is 43.7 Å². The fourth-order valence-corrected chi connectivity index (χ4v) is 4.04. The van der Waals surface area contributed by atoms with Crippen molar-refractivity contribution < 1.29 is 4.79 Å². The SMILES string of the molecule is CCc1sc(C(=O)N2CCn3cccc3[C@H]2C)cc1C. The van der Waals surface area contributed by atoms with Gasteiger partial charge in [0.25, 0.3) is 5.91 Å². The van der Waals surface area contributed by atoms with Crippen molar-refractivity contribution >= 4 is 17.2 Å². The lowest BCUT2D eigenvalue weighted by Gasteiger charge is -2.34. The number of nitrogens with zero attached hydrogens (tertiary/aromatic N) is 2. The third kappa shape index (κ3) is 2.08. The Morgan fingerprint density at radius 3 is 2.95 bits per heavy atom. The molecule has 3 heterocycles. The van der Waals surface area contributed by atoms with Gasteiger partial charge in [0.15, 0.2) is 0 Å². The lowest BCUT2D eigenvalue weighted by atomic mass is 10.1. The Bertz CT molecular complexity index is 641. The summed E-state index contributed by atoms with van der Waals surface area (Å²) in [4.78, 5) is 17.0. The van der Waals surface area contributed by atoms with Gasteiger partial charge in [0.2, 0.25) is 0 Å². The van der Waals surface area contributed by atoms with E-state index in [1.807, 2.05) is 11.0 Å². The van der Waals surface area contributed by atoms with Gasteiger partial charge in [-0.15, -0.1) is 11.3 Å². The summed E-state index contributed by atoms with van der Waals surface area (Å²) >= 11 is 1.65. The van der Waals surface area contributed by atoms with Gasteiger partial charge in [-0.05, 0) is 44.0 Å². The highest BCUT2D eigenvalue weighted by Crippen LogP contribution is 2.30. The van der Waals surface area contributed by atoms with Gasteiger partial charge in [-0.2, -0.15) is 0 Å². The summed E-state index contributed by atoms with van der Waals surface area (Å²) in [7, 11) is 0. The number of aryl methyl sites for hydroxylation is 2. The minimum atomic E-state index is 0.152. The number of hydrogen-bond donors (Lipinski definition) is 0. The molecule has 3 rings (SSSR count). The summed E-state index contributed by atoms with van der Waals surface area (Å²) in [5.41, 5.74) is 2.47. The van der Waals surface area contributed by atoms with E-state index in [9.17, 15) is 4.79 Å². The van der Waals surface area contributed by atoms with Gasteiger partial charge in [-0.25, -0.2) is 0 Å². The first-order valence-electron chi connectivity index (χ1n) is 7.17. The van der Waals surface area contributed by atoms with E-state index in [-0.39, 0.29) is 11.9 Å². The molecular formula is C16H20N2OS. The maximum absolute atomic E-state index is 12.8. The largest absolute Gasteiger partial charge is 0.348 e. The molecule has 0 bridgehead atoms. The Balaban J connectivity index is 1.88. The number of rotatable bonds is 2. The Hall–Kier alpha value is -1.55. The fraction of sp³-hybridized carbons (Fsp3) is 0.438. The second-order valence-electron chi connectivity index (χ2n) is 5.37. The molecule has 0 fully saturated rings. The molecule has 106 valence electrons. The number of fused-ring (bicyclic) bond motifs is 1. The first-order chi connectivity index (χ1) is 9.61. The van der Waals surface area contributed by atoms with E-state index in [1.54, 1.807) is 11.3 Å². The first kappa shape index (κ1) is 13.4. The molecular weight excluding hydrogens is 268 g/mol. The van der Waals surface area contributed by atoms with Crippen LogP contribution in [0, 0.1) is 6.92 Å². The van der Waals surface area contributed by atoms with Crippen LogP contribution >= 0.6 is 11.3 Å². The van der Waals surface area contributed by atoms with Crippen LogP contribution in [0.15, 0.2) is 24.4 Å². The van der Waals surface area contributed by atoms with Crippen molar-refractivity contribution in [2.75, 3.05) is 6.54 Å². The lowest BCUT2D eigenvalue weighted by Crippen LogP contribution is -2.40. The molecule has 0 radical (unpaired) electrons. The van der Waals surface area contributed by atoms with E-state index < -0.39 is 0 Å². The molecule has 1 atom stereocenters. The molecule has 1 amide bonds. The molecule has 0 N–H and O–H groups in total.